The molecule has 0 aromatic rings. The molecule has 0 aromatic heterocycles. The molecule has 5 aliphatic carbocycles. The number of alkyl carbamates (subject to hydrolysis) is 1. The Bertz CT molecular complexity index is 633. The number of nitrogens with one attached hydrogen (secondary N) is 1. The van der Waals surface area contributed by atoms with Crippen LogP contribution in [0.1, 0.15) is 84.0 Å². The lowest BCUT2D eigenvalue weighted by atomic mass is 9.54. The molecule has 0 heterocycles. The van der Waals surface area contributed by atoms with Crippen LogP contribution in [0.3, 0.4) is 0 Å². The van der Waals surface area contributed by atoms with Crippen molar-refractivity contribution in [3.8, 4) is 0 Å². The monoisotopic (exact) mass is 407 g/mol. The van der Waals surface area contributed by atoms with E-state index < -0.39 is 35.3 Å². The fraction of sp³-hybridized carbons (Fsp3) is 0.864. The highest BCUT2D eigenvalue weighted by Crippen LogP contribution is 2.57. The van der Waals surface area contributed by atoms with Crippen molar-refractivity contribution in [3.05, 3.63) is 0 Å². The summed E-state index contributed by atoms with van der Waals surface area (Å²) in [4.78, 5) is 36.5. The van der Waals surface area contributed by atoms with Crippen LogP contribution in [0.5, 0.6) is 0 Å². The zero-order chi connectivity index (χ0) is 20.6. The van der Waals surface area contributed by atoms with Gasteiger partial charge < -0.3 is 19.9 Å². The van der Waals surface area contributed by atoms with Crippen molar-refractivity contribution in [1.82, 2.24) is 5.32 Å². The van der Waals surface area contributed by atoms with Crippen molar-refractivity contribution in [2.24, 2.45) is 17.8 Å². The molecule has 5 fully saturated rings. The maximum absolute atomic E-state index is 12.6. The van der Waals surface area contributed by atoms with E-state index in [2.05, 4.69) is 5.32 Å². The molecule has 29 heavy (non-hydrogen) atoms. The van der Waals surface area contributed by atoms with Crippen LogP contribution in [-0.4, -0.2) is 40.4 Å². The fourth-order valence-corrected chi connectivity index (χ4v) is 6.60. The highest BCUT2D eigenvalue weighted by molar-refractivity contribution is 5.85. The van der Waals surface area contributed by atoms with Crippen LogP contribution in [-0.2, 0) is 19.1 Å². The minimum absolute atomic E-state index is 0.372. The highest BCUT2D eigenvalue weighted by Gasteiger charge is 2.53. The third-order valence-corrected chi connectivity index (χ3v) is 7.52. The summed E-state index contributed by atoms with van der Waals surface area (Å²) in [5.41, 5.74) is -0.976. The zero-order valence-corrected chi connectivity index (χ0v) is 17.3. The number of carbonyl (C=O) groups excluding carboxylic acids is 2. The normalized spacial score (nSPS) is 35.6. The standard InChI is InChI=1S/C22H33NO6/c1-21(5-3-2-4-6-21)29-20(27)23-17(19(25)26)10-18(24)28-22-11-14-7-15(12-22)9-16(8-14)13-22/h14-17H,2-13H2,1H3,(H,23,27)(H,25,26). The van der Waals surface area contributed by atoms with Gasteiger partial charge in [0.2, 0.25) is 0 Å². The number of hydrogen-bond acceptors (Lipinski definition) is 5. The fourth-order valence-electron chi connectivity index (χ4n) is 6.60. The van der Waals surface area contributed by atoms with E-state index in [0.717, 1.165) is 51.4 Å². The summed E-state index contributed by atoms with van der Waals surface area (Å²) >= 11 is 0. The second kappa shape index (κ2) is 7.80. The summed E-state index contributed by atoms with van der Waals surface area (Å²) in [5.74, 6) is 0.109. The van der Waals surface area contributed by atoms with Crippen molar-refractivity contribution in [3.63, 3.8) is 0 Å². The summed E-state index contributed by atoms with van der Waals surface area (Å²) in [6.45, 7) is 1.88. The lowest BCUT2D eigenvalue weighted by molar-refractivity contribution is -0.187. The number of ether oxygens (including phenoxy) is 2. The van der Waals surface area contributed by atoms with Crippen LogP contribution in [0, 0.1) is 17.8 Å². The van der Waals surface area contributed by atoms with E-state index in [-0.39, 0.29) is 6.42 Å². The van der Waals surface area contributed by atoms with Crippen LogP contribution in [0.2, 0.25) is 0 Å². The van der Waals surface area contributed by atoms with E-state index >= 15 is 0 Å². The molecule has 5 rings (SSSR count). The summed E-state index contributed by atoms with van der Waals surface area (Å²) in [6.07, 6.45) is 9.90. The van der Waals surface area contributed by atoms with E-state index in [4.69, 9.17) is 9.47 Å². The van der Waals surface area contributed by atoms with Gasteiger partial charge in [-0.15, -0.1) is 0 Å². The number of amides is 1. The Morgan fingerprint density at radius 2 is 1.52 bits per heavy atom. The molecule has 1 atom stereocenters. The summed E-state index contributed by atoms with van der Waals surface area (Å²) in [5, 5.41) is 11.9. The molecule has 7 nitrogen and oxygen atoms in total. The predicted molar refractivity (Wildman–Crippen MR) is 104 cm³/mol. The second-order valence-electron chi connectivity index (χ2n) is 10.2. The average Bonchev–Trinajstić information content (AvgIpc) is 2.59. The van der Waals surface area contributed by atoms with Gasteiger partial charge in [-0.1, -0.05) is 6.42 Å². The molecule has 0 aliphatic heterocycles. The Morgan fingerprint density at radius 1 is 0.966 bits per heavy atom. The summed E-state index contributed by atoms with van der Waals surface area (Å²) in [7, 11) is 0. The molecule has 5 saturated carbocycles. The molecule has 0 radical (unpaired) electrons. The maximum atomic E-state index is 12.6. The zero-order valence-electron chi connectivity index (χ0n) is 17.3. The number of esters is 1. The molecule has 0 aromatic carbocycles. The Hall–Kier alpha value is -1.79. The third kappa shape index (κ3) is 4.69. The molecular formula is C22H33NO6. The number of carboxylic acid groups (broad SMARTS) is 1. The lowest BCUT2D eigenvalue weighted by Crippen LogP contribution is -2.53. The van der Waals surface area contributed by atoms with Gasteiger partial charge in [0.1, 0.15) is 17.2 Å². The molecule has 162 valence electrons. The number of aliphatic carboxylic acids is 1. The number of hydrogen-bond donors (Lipinski definition) is 2. The largest absolute Gasteiger partial charge is 0.480 e. The molecule has 0 saturated heterocycles. The number of carboxylic acids is 1. The molecule has 1 unspecified atom stereocenters. The van der Waals surface area contributed by atoms with Crippen LogP contribution in [0.25, 0.3) is 0 Å². The van der Waals surface area contributed by atoms with Gasteiger partial charge in [0.15, 0.2) is 0 Å². The number of rotatable bonds is 6. The number of carbonyl (C=O) groups is 3. The van der Waals surface area contributed by atoms with Crippen molar-refractivity contribution >= 4 is 18.0 Å². The Labute approximate surface area is 171 Å². The lowest BCUT2D eigenvalue weighted by Gasteiger charge is -2.55. The quantitative estimate of drug-likeness (QED) is 0.650. The van der Waals surface area contributed by atoms with Gasteiger partial charge in [-0.05, 0) is 88.9 Å². The van der Waals surface area contributed by atoms with E-state index in [9.17, 15) is 19.5 Å². The molecule has 0 spiro atoms. The minimum atomic E-state index is -1.34. The minimum Gasteiger partial charge on any atom is -0.480 e. The van der Waals surface area contributed by atoms with Crippen molar-refractivity contribution in [1.29, 1.82) is 0 Å². The smallest absolute Gasteiger partial charge is 0.408 e. The molecule has 2 N–H and O–H groups in total. The van der Waals surface area contributed by atoms with Gasteiger partial charge in [0.05, 0.1) is 6.42 Å². The first kappa shape index (κ1) is 20.5. The van der Waals surface area contributed by atoms with Gasteiger partial charge in [-0.2, -0.15) is 0 Å². The van der Waals surface area contributed by atoms with Crippen molar-refractivity contribution in [2.45, 2.75) is 101 Å². The average molecular weight is 408 g/mol. The second-order valence-corrected chi connectivity index (χ2v) is 10.2. The van der Waals surface area contributed by atoms with Crippen molar-refractivity contribution < 1.29 is 29.0 Å². The van der Waals surface area contributed by atoms with E-state index in [1.54, 1.807) is 0 Å². The first-order valence-corrected chi connectivity index (χ1v) is 11.2. The maximum Gasteiger partial charge on any atom is 0.408 e. The van der Waals surface area contributed by atoms with Crippen LogP contribution < -0.4 is 5.32 Å². The third-order valence-electron chi connectivity index (χ3n) is 7.52. The Morgan fingerprint density at radius 3 is 2.03 bits per heavy atom. The van der Waals surface area contributed by atoms with E-state index in [0.29, 0.717) is 17.8 Å². The SMILES string of the molecule is CC1(OC(=O)NC(CC(=O)OC23CC4CC(CC(C4)C2)C3)C(=O)O)CCCCC1. The first-order chi connectivity index (χ1) is 13.7. The highest BCUT2D eigenvalue weighted by atomic mass is 16.6. The molecular weight excluding hydrogens is 374 g/mol. The molecule has 4 bridgehead atoms. The Balaban J connectivity index is 1.31. The van der Waals surface area contributed by atoms with Crippen molar-refractivity contribution in [2.75, 3.05) is 0 Å². The molecule has 5 aliphatic rings. The molecule has 7 heteroatoms. The van der Waals surface area contributed by atoms with Gasteiger partial charge in [0, 0.05) is 0 Å². The van der Waals surface area contributed by atoms with Gasteiger partial charge in [0.25, 0.3) is 0 Å². The van der Waals surface area contributed by atoms with Crippen LogP contribution in [0.4, 0.5) is 4.79 Å². The van der Waals surface area contributed by atoms with Gasteiger partial charge >= 0.3 is 18.0 Å². The van der Waals surface area contributed by atoms with E-state index in [1.807, 2.05) is 6.92 Å². The van der Waals surface area contributed by atoms with Crippen LogP contribution in [0.15, 0.2) is 0 Å². The summed E-state index contributed by atoms with van der Waals surface area (Å²) < 4.78 is 11.4. The van der Waals surface area contributed by atoms with E-state index in [1.165, 1.54) is 19.3 Å². The predicted octanol–water partition coefficient (Wildman–Crippen LogP) is 3.79. The molecule has 1 amide bonds. The van der Waals surface area contributed by atoms with Gasteiger partial charge in [-0.3, -0.25) is 4.79 Å². The van der Waals surface area contributed by atoms with Crippen LogP contribution >= 0.6 is 0 Å². The topological polar surface area (TPSA) is 102 Å². The van der Waals surface area contributed by atoms with Gasteiger partial charge in [-0.25, -0.2) is 9.59 Å². The first-order valence-electron chi connectivity index (χ1n) is 11.2. The Kier molecular flexibility index (Phi) is 5.51. The summed E-state index contributed by atoms with van der Waals surface area (Å²) in [6, 6.07) is -1.34.